The van der Waals surface area contributed by atoms with Crippen molar-refractivity contribution in [3.05, 3.63) is 18.0 Å². The van der Waals surface area contributed by atoms with Gasteiger partial charge in [-0.1, -0.05) is 0 Å². The van der Waals surface area contributed by atoms with Crippen molar-refractivity contribution in [3.63, 3.8) is 0 Å². The average Bonchev–Trinajstić information content (AvgIpc) is 3.24. The van der Waals surface area contributed by atoms with Gasteiger partial charge < -0.3 is 5.32 Å². The molecule has 2 fully saturated rings. The molecule has 6 nitrogen and oxygen atoms in total. The Bertz CT molecular complexity index is 596. The first-order valence-corrected chi connectivity index (χ1v) is 8.56. The van der Waals surface area contributed by atoms with Crippen LogP contribution in [0.3, 0.4) is 0 Å². The molecule has 0 spiro atoms. The van der Waals surface area contributed by atoms with E-state index in [0.29, 0.717) is 12.6 Å². The van der Waals surface area contributed by atoms with Crippen LogP contribution < -0.4 is 5.32 Å². The highest BCUT2D eigenvalue weighted by Gasteiger charge is 2.36. The van der Waals surface area contributed by atoms with Gasteiger partial charge in [-0.25, -0.2) is 0 Å². The minimum absolute atomic E-state index is 0.0167. The zero-order chi connectivity index (χ0) is 16.3. The summed E-state index contributed by atoms with van der Waals surface area (Å²) in [4.78, 5) is 14.6. The van der Waals surface area contributed by atoms with E-state index in [9.17, 15) is 10.1 Å². The van der Waals surface area contributed by atoms with Crippen LogP contribution in [0.2, 0.25) is 0 Å². The summed E-state index contributed by atoms with van der Waals surface area (Å²) in [6.45, 7) is 4.18. The molecule has 2 aliphatic rings. The standard InChI is InChI=1S/C17H25N5O/c1-14-9-19-22(10-14)11-15-5-4-8-21(15)12-16(23)20-17(13-18)6-2-3-7-17/h9-10,15H,2-8,11-12H2,1H3,(H,20,23). The van der Waals surface area contributed by atoms with Crippen LogP contribution in [0.15, 0.2) is 12.4 Å². The molecule has 0 aromatic carbocycles. The summed E-state index contributed by atoms with van der Waals surface area (Å²) in [7, 11) is 0. The Morgan fingerprint density at radius 3 is 2.91 bits per heavy atom. The maximum absolute atomic E-state index is 12.4. The van der Waals surface area contributed by atoms with E-state index in [2.05, 4.69) is 21.4 Å². The SMILES string of the molecule is Cc1cnn(CC2CCCN2CC(=O)NC2(C#N)CCCC2)c1. The molecule has 0 bridgehead atoms. The van der Waals surface area contributed by atoms with E-state index in [1.807, 2.05) is 24.0 Å². The molecule has 1 saturated heterocycles. The number of nitrogens with one attached hydrogen (secondary N) is 1. The van der Waals surface area contributed by atoms with Crippen molar-refractivity contribution in [1.29, 1.82) is 5.26 Å². The molecule has 1 atom stereocenters. The molecule has 6 heteroatoms. The summed E-state index contributed by atoms with van der Waals surface area (Å²) in [6, 6.07) is 2.67. The van der Waals surface area contributed by atoms with Gasteiger partial charge in [0.1, 0.15) is 5.54 Å². The number of amides is 1. The number of hydrogen-bond acceptors (Lipinski definition) is 4. The summed E-state index contributed by atoms with van der Waals surface area (Å²) < 4.78 is 1.96. The van der Waals surface area contributed by atoms with Crippen LogP contribution in [0.1, 0.15) is 44.1 Å². The lowest BCUT2D eigenvalue weighted by Gasteiger charge is -2.27. The Morgan fingerprint density at radius 1 is 1.48 bits per heavy atom. The lowest BCUT2D eigenvalue weighted by molar-refractivity contribution is -0.123. The van der Waals surface area contributed by atoms with Crippen molar-refractivity contribution in [2.24, 2.45) is 0 Å². The van der Waals surface area contributed by atoms with Crippen molar-refractivity contribution in [2.75, 3.05) is 13.1 Å². The molecule has 1 amide bonds. The number of carbonyl (C=O) groups excluding carboxylic acids is 1. The van der Waals surface area contributed by atoms with Gasteiger partial charge in [0.15, 0.2) is 0 Å². The highest BCUT2D eigenvalue weighted by molar-refractivity contribution is 5.79. The third kappa shape index (κ3) is 3.73. The first-order chi connectivity index (χ1) is 11.1. The summed E-state index contributed by atoms with van der Waals surface area (Å²) in [5, 5.41) is 16.7. The first kappa shape index (κ1) is 16.0. The number of hydrogen-bond donors (Lipinski definition) is 1. The maximum Gasteiger partial charge on any atom is 0.235 e. The molecule has 2 heterocycles. The van der Waals surface area contributed by atoms with Gasteiger partial charge in [-0.2, -0.15) is 10.4 Å². The van der Waals surface area contributed by atoms with Crippen LogP contribution >= 0.6 is 0 Å². The summed E-state index contributed by atoms with van der Waals surface area (Å²) in [6.07, 6.45) is 9.73. The fourth-order valence-corrected chi connectivity index (χ4v) is 3.83. The van der Waals surface area contributed by atoms with E-state index >= 15 is 0 Å². The Kier molecular flexibility index (Phi) is 4.67. The van der Waals surface area contributed by atoms with E-state index in [0.717, 1.165) is 57.2 Å². The zero-order valence-corrected chi connectivity index (χ0v) is 13.8. The molecular weight excluding hydrogens is 290 g/mol. The second-order valence-electron chi connectivity index (χ2n) is 6.96. The van der Waals surface area contributed by atoms with Crippen LogP contribution in [-0.4, -0.2) is 45.3 Å². The highest BCUT2D eigenvalue weighted by atomic mass is 16.2. The molecule has 23 heavy (non-hydrogen) atoms. The molecule has 1 aliphatic heterocycles. The second-order valence-corrected chi connectivity index (χ2v) is 6.96. The number of aromatic nitrogens is 2. The predicted octanol–water partition coefficient (Wildman–Crippen LogP) is 1.61. The van der Waals surface area contributed by atoms with Crippen molar-refractivity contribution >= 4 is 5.91 Å². The van der Waals surface area contributed by atoms with Gasteiger partial charge >= 0.3 is 0 Å². The minimum Gasteiger partial charge on any atom is -0.337 e. The topological polar surface area (TPSA) is 74.0 Å². The van der Waals surface area contributed by atoms with Gasteiger partial charge in [0.05, 0.1) is 25.4 Å². The summed E-state index contributed by atoms with van der Waals surface area (Å²) in [5.41, 5.74) is 0.537. The maximum atomic E-state index is 12.4. The molecule has 1 unspecified atom stereocenters. The summed E-state index contributed by atoms with van der Waals surface area (Å²) >= 11 is 0. The number of nitriles is 1. The van der Waals surface area contributed by atoms with Crippen molar-refractivity contribution in [1.82, 2.24) is 20.0 Å². The zero-order valence-electron chi connectivity index (χ0n) is 13.8. The van der Waals surface area contributed by atoms with Gasteiger partial charge in [0.2, 0.25) is 5.91 Å². The number of nitrogens with zero attached hydrogens (tertiary/aromatic N) is 4. The number of rotatable bonds is 5. The third-order valence-electron chi connectivity index (χ3n) is 5.06. The minimum atomic E-state index is -0.620. The molecule has 1 saturated carbocycles. The number of likely N-dealkylation sites (tertiary alicyclic amines) is 1. The van der Waals surface area contributed by atoms with E-state index in [-0.39, 0.29) is 5.91 Å². The number of carbonyl (C=O) groups is 1. The van der Waals surface area contributed by atoms with Crippen LogP contribution in [0, 0.1) is 18.3 Å². The lowest BCUT2D eigenvalue weighted by Crippen LogP contribution is -2.50. The predicted molar refractivity (Wildman–Crippen MR) is 86.5 cm³/mol. The van der Waals surface area contributed by atoms with E-state index in [4.69, 9.17) is 0 Å². The fourth-order valence-electron chi connectivity index (χ4n) is 3.83. The average molecular weight is 315 g/mol. The molecule has 1 aliphatic carbocycles. The Labute approximate surface area is 137 Å². The van der Waals surface area contributed by atoms with Crippen LogP contribution in [-0.2, 0) is 11.3 Å². The van der Waals surface area contributed by atoms with E-state index < -0.39 is 5.54 Å². The van der Waals surface area contributed by atoms with E-state index in [1.165, 1.54) is 0 Å². The van der Waals surface area contributed by atoms with Crippen LogP contribution in [0.4, 0.5) is 0 Å². The largest absolute Gasteiger partial charge is 0.337 e. The van der Waals surface area contributed by atoms with Crippen molar-refractivity contribution in [2.45, 2.75) is 63.6 Å². The number of aryl methyl sites for hydroxylation is 1. The highest BCUT2D eigenvalue weighted by Crippen LogP contribution is 2.29. The fraction of sp³-hybridized carbons (Fsp3) is 0.706. The third-order valence-corrected chi connectivity index (χ3v) is 5.06. The first-order valence-electron chi connectivity index (χ1n) is 8.56. The van der Waals surface area contributed by atoms with Gasteiger partial charge in [-0.15, -0.1) is 0 Å². The monoisotopic (exact) mass is 315 g/mol. The van der Waals surface area contributed by atoms with Crippen LogP contribution in [0.25, 0.3) is 0 Å². The molecule has 1 aromatic heterocycles. The molecule has 124 valence electrons. The van der Waals surface area contributed by atoms with E-state index in [1.54, 1.807) is 0 Å². The smallest absolute Gasteiger partial charge is 0.235 e. The molecule has 1 N–H and O–H groups in total. The normalized spacial score (nSPS) is 23.7. The van der Waals surface area contributed by atoms with Crippen molar-refractivity contribution in [3.8, 4) is 6.07 Å². The molecule has 1 aromatic rings. The Balaban J connectivity index is 1.55. The van der Waals surface area contributed by atoms with Gasteiger partial charge in [0, 0.05) is 12.2 Å². The quantitative estimate of drug-likeness (QED) is 0.896. The molecular formula is C17H25N5O. The lowest BCUT2D eigenvalue weighted by atomic mass is 10.00. The molecule has 0 radical (unpaired) electrons. The Morgan fingerprint density at radius 2 is 2.26 bits per heavy atom. The van der Waals surface area contributed by atoms with Gasteiger partial charge in [0.25, 0.3) is 0 Å². The summed E-state index contributed by atoms with van der Waals surface area (Å²) in [5.74, 6) is -0.0167. The van der Waals surface area contributed by atoms with Crippen LogP contribution in [0.5, 0.6) is 0 Å². The Hall–Kier alpha value is -1.87. The van der Waals surface area contributed by atoms with Gasteiger partial charge in [-0.3, -0.25) is 14.4 Å². The van der Waals surface area contributed by atoms with Gasteiger partial charge in [-0.05, 0) is 57.6 Å². The molecule has 3 rings (SSSR count). The second kappa shape index (κ2) is 6.71. The van der Waals surface area contributed by atoms with Crippen molar-refractivity contribution < 1.29 is 4.79 Å².